The number of hydrogen-bond donors (Lipinski definition) is 0. The van der Waals surface area contributed by atoms with Gasteiger partial charge in [-0.2, -0.15) is 0 Å². The fraction of sp³-hybridized carbons (Fsp3) is 0.667. The quantitative estimate of drug-likeness (QED) is 0.802. The number of alkyl halides is 2. The lowest BCUT2D eigenvalue weighted by Crippen LogP contribution is -2.40. The number of amides is 1. The first-order valence-electron chi connectivity index (χ1n) is 6.24. The van der Waals surface area contributed by atoms with Gasteiger partial charge < -0.3 is 9.47 Å². The maximum Gasteiger partial charge on any atom is 0.295 e. The Morgan fingerprint density at radius 3 is 2.78 bits per heavy atom. The van der Waals surface area contributed by atoms with E-state index in [4.69, 9.17) is 0 Å². The first-order chi connectivity index (χ1) is 8.62. The molecule has 1 amide bonds. The molecule has 18 heavy (non-hydrogen) atoms. The number of carbonyl (C=O) groups is 1. The zero-order chi connectivity index (χ0) is 12.5. The molecule has 0 spiro atoms. The molecule has 2 heterocycles. The molecule has 0 N–H and O–H groups in total. The van der Waals surface area contributed by atoms with Gasteiger partial charge in [0.1, 0.15) is 0 Å². The maximum absolute atomic E-state index is 12.7. The normalized spacial score (nSPS) is 32.2. The van der Waals surface area contributed by atoms with Gasteiger partial charge in [0.15, 0.2) is 5.82 Å². The highest BCUT2D eigenvalue weighted by molar-refractivity contribution is 5.90. The molecular formula is C12H13F2N3O. The Labute approximate surface area is 103 Å². The van der Waals surface area contributed by atoms with Gasteiger partial charge >= 0.3 is 0 Å². The van der Waals surface area contributed by atoms with Gasteiger partial charge in [0.05, 0.1) is 23.9 Å². The number of rotatable bonds is 2. The summed E-state index contributed by atoms with van der Waals surface area (Å²) in [5.41, 5.74) is 0.687. The second kappa shape index (κ2) is 3.10. The second-order valence-corrected chi connectivity index (χ2v) is 5.55. The van der Waals surface area contributed by atoms with Crippen LogP contribution in [0.15, 0.2) is 6.20 Å². The number of hydrogen-bond acceptors (Lipinski definition) is 2. The van der Waals surface area contributed by atoms with Crippen molar-refractivity contribution in [1.29, 1.82) is 0 Å². The van der Waals surface area contributed by atoms with E-state index in [0.717, 1.165) is 18.5 Å². The summed E-state index contributed by atoms with van der Waals surface area (Å²) in [6.45, 7) is 1.38. The van der Waals surface area contributed by atoms with Crippen LogP contribution in [0.5, 0.6) is 0 Å². The Balaban J connectivity index is 1.56. The summed E-state index contributed by atoms with van der Waals surface area (Å²) >= 11 is 0. The van der Waals surface area contributed by atoms with E-state index in [9.17, 15) is 13.6 Å². The van der Waals surface area contributed by atoms with Crippen molar-refractivity contribution in [1.82, 2.24) is 14.5 Å². The minimum Gasteiger partial charge on any atom is -0.335 e. The Morgan fingerprint density at radius 2 is 2.17 bits per heavy atom. The van der Waals surface area contributed by atoms with Crippen molar-refractivity contribution in [3.05, 3.63) is 17.7 Å². The van der Waals surface area contributed by atoms with Gasteiger partial charge in [-0.25, -0.2) is 13.8 Å². The van der Waals surface area contributed by atoms with Crippen LogP contribution in [0.3, 0.4) is 0 Å². The third-order valence-electron chi connectivity index (χ3n) is 4.51. The zero-order valence-electron chi connectivity index (χ0n) is 9.77. The van der Waals surface area contributed by atoms with Crippen molar-refractivity contribution < 1.29 is 13.6 Å². The largest absolute Gasteiger partial charge is 0.335 e. The van der Waals surface area contributed by atoms with Gasteiger partial charge in [0.25, 0.3) is 6.43 Å². The van der Waals surface area contributed by atoms with Crippen LogP contribution in [0.25, 0.3) is 0 Å². The monoisotopic (exact) mass is 253 g/mol. The SMILES string of the molecule is O=C(N1CCn2c(cnc2C(F)F)C1)C12CC1C2. The topological polar surface area (TPSA) is 38.1 Å². The first kappa shape index (κ1) is 10.5. The second-order valence-electron chi connectivity index (χ2n) is 5.55. The summed E-state index contributed by atoms with van der Waals surface area (Å²) in [4.78, 5) is 17.8. The van der Waals surface area contributed by atoms with E-state index in [-0.39, 0.29) is 17.1 Å². The standard InChI is InChI=1S/C12H13F2N3O/c13-9(14)10-15-5-8-6-16(1-2-17(8)10)11(18)12-3-7(12)4-12/h5,7,9H,1-4,6H2. The zero-order valence-corrected chi connectivity index (χ0v) is 9.77. The van der Waals surface area contributed by atoms with Gasteiger partial charge in [-0.3, -0.25) is 4.79 Å². The van der Waals surface area contributed by atoms with Crippen molar-refractivity contribution in [2.45, 2.75) is 32.4 Å². The summed E-state index contributed by atoms with van der Waals surface area (Å²) in [7, 11) is 0. The third kappa shape index (κ3) is 1.23. The van der Waals surface area contributed by atoms with Crippen molar-refractivity contribution in [3.8, 4) is 0 Å². The lowest BCUT2D eigenvalue weighted by molar-refractivity contribution is -0.136. The van der Waals surface area contributed by atoms with Crippen molar-refractivity contribution in [2.75, 3.05) is 6.54 Å². The van der Waals surface area contributed by atoms with Crippen LogP contribution < -0.4 is 0 Å². The number of carbonyl (C=O) groups excluding carboxylic acids is 1. The molecule has 0 saturated heterocycles. The molecule has 96 valence electrons. The molecule has 0 radical (unpaired) electrons. The van der Waals surface area contributed by atoms with Crippen LogP contribution in [0.2, 0.25) is 0 Å². The minimum atomic E-state index is -2.55. The molecule has 1 aromatic rings. The summed E-state index contributed by atoms with van der Waals surface area (Å²) in [5, 5.41) is 0. The van der Waals surface area contributed by atoms with E-state index in [1.807, 2.05) is 0 Å². The highest BCUT2D eigenvalue weighted by atomic mass is 19.3. The van der Waals surface area contributed by atoms with Crippen LogP contribution in [0, 0.1) is 11.3 Å². The minimum absolute atomic E-state index is 0.0340. The summed E-state index contributed by atoms with van der Waals surface area (Å²) in [6, 6.07) is 0. The maximum atomic E-state index is 12.7. The summed E-state index contributed by atoms with van der Waals surface area (Å²) < 4.78 is 26.9. The number of nitrogens with zero attached hydrogens (tertiary/aromatic N) is 3. The van der Waals surface area contributed by atoms with Crippen LogP contribution >= 0.6 is 0 Å². The van der Waals surface area contributed by atoms with Crippen LogP contribution in [-0.2, 0) is 17.9 Å². The molecule has 0 unspecified atom stereocenters. The van der Waals surface area contributed by atoms with Crippen LogP contribution in [0.4, 0.5) is 8.78 Å². The van der Waals surface area contributed by atoms with E-state index in [0.29, 0.717) is 25.6 Å². The fourth-order valence-corrected chi connectivity index (χ4v) is 3.02. The van der Waals surface area contributed by atoms with Gasteiger partial charge in [0, 0.05) is 13.1 Å². The molecule has 3 aliphatic rings. The van der Waals surface area contributed by atoms with E-state index < -0.39 is 6.43 Å². The van der Waals surface area contributed by atoms with Crippen molar-refractivity contribution in [2.24, 2.45) is 11.3 Å². The number of aromatic nitrogens is 2. The van der Waals surface area contributed by atoms with Gasteiger partial charge in [0.2, 0.25) is 5.91 Å². The Kier molecular flexibility index (Phi) is 1.80. The van der Waals surface area contributed by atoms with E-state index in [1.54, 1.807) is 9.47 Å². The molecule has 4 rings (SSSR count). The van der Waals surface area contributed by atoms with E-state index in [2.05, 4.69) is 4.98 Å². The molecule has 0 aromatic carbocycles. The van der Waals surface area contributed by atoms with Gasteiger partial charge in [-0.05, 0) is 18.8 Å². The Morgan fingerprint density at radius 1 is 1.44 bits per heavy atom. The van der Waals surface area contributed by atoms with E-state index >= 15 is 0 Å². The number of halogens is 2. The highest BCUT2D eigenvalue weighted by Crippen LogP contribution is 2.76. The average Bonchev–Trinajstić information content (AvgIpc) is 3.14. The first-order valence-corrected chi connectivity index (χ1v) is 6.24. The molecule has 0 atom stereocenters. The molecule has 2 fully saturated rings. The molecule has 1 aromatic heterocycles. The average molecular weight is 253 g/mol. The predicted molar refractivity (Wildman–Crippen MR) is 57.8 cm³/mol. The summed E-state index contributed by atoms with van der Waals surface area (Å²) in [6.07, 6.45) is 0.986. The van der Waals surface area contributed by atoms with Crippen LogP contribution in [-0.4, -0.2) is 26.9 Å². The van der Waals surface area contributed by atoms with E-state index in [1.165, 1.54) is 6.20 Å². The number of fused-ring (bicyclic) bond motifs is 2. The molecule has 2 saturated carbocycles. The molecule has 4 nitrogen and oxygen atoms in total. The lowest BCUT2D eigenvalue weighted by Gasteiger charge is -2.30. The summed E-state index contributed by atoms with van der Waals surface area (Å²) in [5.74, 6) is 0.665. The third-order valence-corrected chi connectivity index (χ3v) is 4.51. The Bertz CT molecular complexity index is 533. The highest BCUT2D eigenvalue weighted by Gasteiger charge is 2.75. The predicted octanol–water partition coefficient (Wildman–Crippen LogP) is 1.57. The van der Waals surface area contributed by atoms with Crippen molar-refractivity contribution in [3.63, 3.8) is 0 Å². The Hall–Kier alpha value is -1.46. The van der Waals surface area contributed by atoms with Crippen molar-refractivity contribution >= 4 is 5.91 Å². The van der Waals surface area contributed by atoms with Gasteiger partial charge in [-0.15, -0.1) is 0 Å². The van der Waals surface area contributed by atoms with Crippen LogP contribution in [0.1, 0.15) is 30.8 Å². The molecule has 1 aliphatic heterocycles. The lowest BCUT2D eigenvalue weighted by atomic mass is 10.1. The molecule has 2 aliphatic carbocycles. The molecule has 0 bridgehead atoms. The van der Waals surface area contributed by atoms with Gasteiger partial charge in [-0.1, -0.05) is 0 Å². The molecule has 6 heteroatoms. The molecular weight excluding hydrogens is 240 g/mol. The smallest absolute Gasteiger partial charge is 0.295 e. The number of imidazole rings is 1. The fourth-order valence-electron chi connectivity index (χ4n) is 3.02.